The largest absolute Gasteiger partial charge is 0.334 e. The lowest BCUT2D eigenvalue weighted by Gasteiger charge is -2.18. The fraction of sp³-hybridized carbons (Fsp3) is 0.400. The van der Waals surface area contributed by atoms with Crippen LogP contribution in [-0.4, -0.2) is 22.6 Å². The van der Waals surface area contributed by atoms with E-state index in [-0.39, 0.29) is 17.2 Å². The zero-order chi connectivity index (χ0) is 20.9. The first kappa shape index (κ1) is 19.0. The number of aryl methyl sites for hydroxylation is 2. The third kappa shape index (κ3) is 3.42. The van der Waals surface area contributed by atoms with Gasteiger partial charge in [-0.15, -0.1) is 0 Å². The van der Waals surface area contributed by atoms with Crippen LogP contribution in [0.4, 0.5) is 5.69 Å². The number of benzene rings is 2. The average molecular weight is 402 g/mol. The highest BCUT2D eigenvalue weighted by atomic mass is 16.5. The monoisotopic (exact) mass is 401 g/mol. The van der Waals surface area contributed by atoms with Crippen molar-refractivity contribution < 1.29 is 9.32 Å². The second-order valence-corrected chi connectivity index (χ2v) is 9.50. The van der Waals surface area contributed by atoms with Gasteiger partial charge in [-0.3, -0.25) is 4.79 Å². The van der Waals surface area contributed by atoms with Gasteiger partial charge in [0.2, 0.25) is 5.91 Å². The smallest absolute Gasteiger partial charge is 0.257 e. The molecule has 1 unspecified atom stereocenters. The van der Waals surface area contributed by atoms with E-state index in [4.69, 9.17) is 4.52 Å². The molecule has 0 saturated carbocycles. The van der Waals surface area contributed by atoms with Crippen LogP contribution >= 0.6 is 0 Å². The average Bonchev–Trinajstić information content (AvgIpc) is 3.46. The molecule has 1 aliphatic heterocycles. The quantitative estimate of drug-likeness (QED) is 0.617. The number of aromatic nitrogens is 2. The van der Waals surface area contributed by atoms with Crippen LogP contribution in [0.15, 0.2) is 47.0 Å². The summed E-state index contributed by atoms with van der Waals surface area (Å²) in [6.45, 7) is 7.17. The molecule has 0 N–H and O–H groups in total. The molecule has 5 heteroatoms. The summed E-state index contributed by atoms with van der Waals surface area (Å²) in [7, 11) is 0. The second kappa shape index (κ2) is 7.08. The van der Waals surface area contributed by atoms with Crippen molar-refractivity contribution in [3.63, 3.8) is 0 Å². The van der Waals surface area contributed by atoms with E-state index in [1.165, 1.54) is 23.1 Å². The summed E-state index contributed by atoms with van der Waals surface area (Å²) < 4.78 is 5.53. The van der Waals surface area contributed by atoms with Crippen molar-refractivity contribution in [3.8, 4) is 11.5 Å². The minimum absolute atomic E-state index is 0.0443. The molecule has 1 atom stereocenters. The Bertz CT molecular complexity index is 1090. The minimum Gasteiger partial charge on any atom is -0.334 e. The van der Waals surface area contributed by atoms with Crippen molar-refractivity contribution in [2.45, 2.75) is 57.8 Å². The first-order chi connectivity index (χ1) is 14.4. The molecule has 0 bridgehead atoms. The van der Waals surface area contributed by atoms with E-state index in [0.717, 1.165) is 24.1 Å². The number of carbonyl (C=O) groups excluding carboxylic acids is 1. The fourth-order valence-electron chi connectivity index (χ4n) is 4.49. The number of rotatable bonds is 3. The maximum Gasteiger partial charge on any atom is 0.257 e. The Morgan fingerprint density at radius 3 is 2.57 bits per heavy atom. The molecule has 1 saturated heterocycles. The second-order valence-electron chi connectivity index (χ2n) is 9.50. The van der Waals surface area contributed by atoms with Crippen molar-refractivity contribution in [1.82, 2.24) is 10.1 Å². The van der Waals surface area contributed by atoms with E-state index >= 15 is 0 Å². The summed E-state index contributed by atoms with van der Waals surface area (Å²) >= 11 is 0. The van der Waals surface area contributed by atoms with Crippen LogP contribution in [0.25, 0.3) is 11.5 Å². The number of hydrogen-bond donors (Lipinski definition) is 0. The Balaban J connectivity index is 1.34. The van der Waals surface area contributed by atoms with Crippen molar-refractivity contribution in [2.75, 3.05) is 11.4 Å². The molecule has 2 aromatic carbocycles. The number of hydrogen-bond acceptors (Lipinski definition) is 4. The lowest BCUT2D eigenvalue weighted by Crippen LogP contribution is -2.24. The molecule has 30 heavy (non-hydrogen) atoms. The molecule has 5 nitrogen and oxygen atoms in total. The van der Waals surface area contributed by atoms with E-state index in [1.807, 2.05) is 17.0 Å². The summed E-state index contributed by atoms with van der Waals surface area (Å²) in [4.78, 5) is 19.2. The summed E-state index contributed by atoms with van der Waals surface area (Å²) in [5.41, 5.74) is 6.05. The molecular formula is C25H27N3O2. The van der Waals surface area contributed by atoms with Crippen molar-refractivity contribution in [2.24, 2.45) is 0 Å². The summed E-state index contributed by atoms with van der Waals surface area (Å²) in [5, 5.41) is 4.20. The van der Waals surface area contributed by atoms with E-state index < -0.39 is 0 Å². The van der Waals surface area contributed by atoms with Crippen LogP contribution in [0.3, 0.4) is 0 Å². The van der Waals surface area contributed by atoms with Crippen molar-refractivity contribution in [1.29, 1.82) is 0 Å². The van der Waals surface area contributed by atoms with Gasteiger partial charge in [0.1, 0.15) is 0 Å². The Hall–Kier alpha value is -2.95. The number of fused-ring (bicyclic) bond motifs is 1. The summed E-state index contributed by atoms with van der Waals surface area (Å²) in [5.74, 6) is 1.20. The highest BCUT2D eigenvalue weighted by Crippen LogP contribution is 2.34. The predicted molar refractivity (Wildman–Crippen MR) is 117 cm³/mol. The van der Waals surface area contributed by atoms with Gasteiger partial charge in [-0.05, 0) is 65.6 Å². The van der Waals surface area contributed by atoms with Gasteiger partial charge in [-0.1, -0.05) is 44.1 Å². The third-order valence-corrected chi connectivity index (χ3v) is 6.32. The van der Waals surface area contributed by atoms with Crippen LogP contribution in [0, 0.1) is 0 Å². The first-order valence-electron chi connectivity index (χ1n) is 10.8. The number of anilines is 1. The molecule has 5 rings (SSSR count). The Labute approximate surface area is 177 Å². The normalized spacial score (nSPS) is 18.8. The predicted octanol–water partition coefficient (Wildman–Crippen LogP) is 5.04. The van der Waals surface area contributed by atoms with Crippen molar-refractivity contribution in [3.05, 3.63) is 65.0 Å². The Morgan fingerprint density at radius 2 is 1.80 bits per heavy atom. The van der Waals surface area contributed by atoms with Gasteiger partial charge < -0.3 is 9.42 Å². The minimum atomic E-state index is -0.0443. The standard InChI is InChI=1S/C25H27N3O2/c1-25(2,3)20-10-7-17(8-11-20)24-26-23(27-30-24)19-14-22(29)28(15-19)21-12-9-16-5-4-6-18(16)13-21/h7-13,19H,4-6,14-15H2,1-3H3. The number of amides is 1. The Morgan fingerprint density at radius 1 is 1.03 bits per heavy atom. The van der Waals surface area contributed by atoms with Crippen LogP contribution in [0.2, 0.25) is 0 Å². The van der Waals surface area contributed by atoms with Gasteiger partial charge >= 0.3 is 0 Å². The molecule has 0 spiro atoms. The van der Waals surface area contributed by atoms with Gasteiger partial charge in [0.25, 0.3) is 5.89 Å². The molecule has 1 aliphatic carbocycles. The Kier molecular flexibility index (Phi) is 4.49. The van der Waals surface area contributed by atoms with Gasteiger partial charge in [-0.2, -0.15) is 4.98 Å². The van der Waals surface area contributed by atoms with E-state index in [2.05, 4.69) is 61.2 Å². The van der Waals surface area contributed by atoms with E-state index in [0.29, 0.717) is 24.7 Å². The molecule has 2 aliphatic rings. The molecule has 0 radical (unpaired) electrons. The topological polar surface area (TPSA) is 59.2 Å². The zero-order valence-corrected chi connectivity index (χ0v) is 17.8. The van der Waals surface area contributed by atoms with Crippen LogP contribution in [0.1, 0.15) is 62.0 Å². The van der Waals surface area contributed by atoms with Crippen molar-refractivity contribution >= 4 is 11.6 Å². The lowest BCUT2D eigenvalue weighted by molar-refractivity contribution is -0.117. The summed E-state index contributed by atoms with van der Waals surface area (Å²) in [6.07, 6.45) is 3.88. The number of carbonyl (C=O) groups is 1. The van der Waals surface area contributed by atoms with E-state index in [9.17, 15) is 4.79 Å². The van der Waals surface area contributed by atoms with Gasteiger partial charge in [0, 0.05) is 30.1 Å². The highest BCUT2D eigenvalue weighted by Gasteiger charge is 2.35. The maximum atomic E-state index is 12.7. The molecule has 1 aromatic heterocycles. The molecule has 3 aromatic rings. The van der Waals surface area contributed by atoms with Gasteiger partial charge in [0.05, 0.1) is 0 Å². The molecular weight excluding hydrogens is 374 g/mol. The highest BCUT2D eigenvalue weighted by molar-refractivity contribution is 5.96. The molecule has 154 valence electrons. The SMILES string of the molecule is CC(C)(C)c1ccc(-c2nc(C3CC(=O)N(c4ccc5c(c4)CCC5)C3)no2)cc1. The zero-order valence-electron chi connectivity index (χ0n) is 17.8. The molecule has 1 amide bonds. The van der Waals surface area contributed by atoms with E-state index in [1.54, 1.807) is 0 Å². The first-order valence-corrected chi connectivity index (χ1v) is 10.8. The summed E-state index contributed by atoms with van der Waals surface area (Å²) in [6, 6.07) is 14.7. The lowest BCUT2D eigenvalue weighted by atomic mass is 9.87. The molecule has 1 fully saturated rings. The van der Waals surface area contributed by atoms with Gasteiger partial charge in [0.15, 0.2) is 5.82 Å². The van der Waals surface area contributed by atoms with Gasteiger partial charge in [-0.25, -0.2) is 0 Å². The van der Waals surface area contributed by atoms with Crippen LogP contribution in [0.5, 0.6) is 0 Å². The third-order valence-electron chi connectivity index (χ3n) is 6.32. The fourth-order valence-corrected chi connectivity index (χ4v) is 4.49. The van der Waals surface area contributed by atoms with Crippen LogP contribution < -0.4 is 4.90 Å². The molecule has 2 heterocycles. The maximum absolute atomic E-state index is 12.7. The number of nitrogens with zero attached hydrogens (tertiary/aromatic N) is 3. The van der Waals surface area contributed by atoms with Crippen LogP contribution in [-0.2, 0) is 23.1 Å².